The fourth-order valence-corrected chi connectivity index (χ4v) is 1.56. The Balaban J connectivity index is 3.14. The lowest BCUT2D eigenvalue weighted by Gasteiger charge is -2.11. The van der Waals surface area contributed by atoms with Gasteiger partial charge >= 0.3 is 11.9 Å². The SMILES string of the molecule is COC(=O)C(=Cc1ccccc1OCC(C)C)C(=O)OC. The molecule has 21 heavy (non-hydrogen) atoms. The van der Waals surface area contributed by atoms with Gasteiger partial charge in [0.2, 0.25) is 0 Å². The number of carbonyl (C=O) groups is 2. The monoisotopic (exact) mass is 292 g/mol. The van der Waals surface area contributed by atoms with Gasteiger partial charge < -0.3 is 14.2 Å². The second-order valence-corrected chi connectivity index (χ2v) is 4.78. The van der Waals surface area contributed by atoms with Crippen LogP contribution in [0.5, 0.6) is 5.75 Å². The third-order valence-electron chi connectivity index (χ3n) is 2.60. The van der Waals surface area contributed by atoms with E-state index in [-0.39, 0.29) is 5.57 Å². The number of hydrogen-bond donors (Lipinski definition) is 0. The van der Waals surface area contributed by atoms with E-state index in [4.69, 9.17) is 4.74 Å². The minimum Gasteiger partial charge on any atom is -0.493 e. The first-order valence-corrected chi connectivity index (χ1v) is 6.59. The molecule has 0 heterocycles. The maximum atomic E-state index is 11.7. The van der Waals surface area contributed by atoms with Crippen LogP contribution in [0.4, 0.5) is 0 Å². The molecule has 0 fully saturated rings. The maximum absolute atomic E-state index is 11.7. The Morgan fingerprint density at radius 2 is 1.67 bits per heavy atom. The smallest absolute Gasteiger partial charge is 0.345 e. The van der Waals surface area contributed by atoms with Crippen molar-refractivity contribution in [3.8, 4) is 5.75 Å². The fourth-order valence-electron chi connectivity index (χ4n) is 1.56. The lowest BCUT2D eigenvalue weighted by atomic mass is 10.1. The van der Waals surface area contributed by atoms with E-state index in [0.717, 1.165) is 0 Å². The zero-order chi connectivity index (χ0) is 15.8. The summed E-state index contributed by atoms with van der Waals surface area (Å²) in [6.45, 7) is 4.61. The van der Waals surface area contributed by atoms with E-state index in [9.17, 15) is 9.59 Å². The third-order valence-corrected chi connectivity index (χ3v) is 2.60. The van der Waals surface area contributed by atoms with Crippen molar-refractivity contribution in [3.05, 3.63) is 35.4 Å². The number of rotatable bonds is 6. The van der Waals surface area contributed by atoms with Gasteiger partial charge in [-0.3, -0.25) is 0 Å². The average molecular weight is 292 g/mol. The molecule has 0 saturated carbocycles. The molecule has 0 unspecified atom stereocenters. The molecule has 5 heteroatoms. The van der Waals surface area contributed by atoms with Crippen LogP contribution in [-0.4, -0.2) is 32.8 Å². The highest BCUT2D eigenvalue weighted by Gasteiger charge is 2.20. The molecule has 0 spiro atoms. The van der Waals surface area contributed by atoms with Crippen LogP contribution in [0, 0.1) is 5.92 Å². The molecule has 114 valence electrons. The van der Waals surface area contributed by atoms with Crippen LogP contribution in [0.25, 0.3) is 6.08 Å². The van der Waals surface area contributed by atoms with E-state index in [0.29, 0.717) is 23.8 Å². The highest BCUT2D eigenvalue weighted by atomic mass is 16.5. The molecule has 0 aliphatic carbocycles. The van der Waals surface area contributed by atoms with Gasteiger partial charge in [0.25, 0.3) is 0 Å². The Labute approximate surface area is 124 Å². The van der Waals surface area contributed by atoms with Crippen molar-refractivity contribution < 1.29 is 23.8 Å². The summed E-state index contributed by atoms with van der Waals surface area (Å²) in [7, 11) is 2.42. The van der Waals surface area contributed by atoms with E-state index in [1.165, 1.54) is 20.3 Å². The Kier molecular flexibility index (Phi) is 6.46. The van der Waals surface area contributed by atoms with Crippen molar-refractivity contribution in [1.29, 1.82) is 0 Å². The van der Waals surface area contributed by atoms with Gasteiger partial charge in [-0.15, -0.1) is 0 Å². The van der Waals surface area contributed by atoms with Gasteiger partial charge in [0, 0.05) is 5.56 Å². The van der Waals surface area contributed by atoms with Crippen LogP contribution in [0.1, 0.15) is 19.4 Å². The molecule has 0 aromatic heterocycles. The molecule has 0 radical (unpaired) electrons. The summed E-state index contributed by atoms with van der Waals surface area (Å²) in [5.41, 5.74) is 0.435. The van der Waals surface area contributed by atoms with Gasteiger partial charge in [-0.05, 0) is 18.1 Å². The molecule has 0 bridgehead atoms. The molecular weight excluding hydrogens is 272 g/mol. The van der Waals surface area contributed by atoms with Crippen molar-refractivity contribution in [2.45, 2.75) is 13.8 Å². The fraction of sp³-hybridized carbons (Fsp3) is 0.375. The van der Waals surface area contributed by atoms with Crippen LogP contribution >= 0.6 is 0 Å². The molecule has 0 atom stereocenters. The van der Waals surface area contributed by atoms with Gasteiger partial charge in [-0.2, -0.15) is 0 Å². The molecule has 0 N–H and O–H groups in total. The molecule has 0 amide bonds. The topological polar surface area (TPSA) is 61.8 Å². The molecule has 1 rings (SSSR count). The largest absolute Gasteiger partial charge is 0.493 e. The molecule has 5 nitrogen and oxygen atoms in total. The average Bonchev–Trinajstić information content (AvgIpc) is 2.49. The lowest BCUT2D eigenvalue weighted by Crippen LogP contribution is -2.15. The number of benzene rings is 1. The first kappa shape index (κ1) is 16.8. The molecule has 0 aliphatic rings. The van der Waals surface area contributed by atoms with Gasteiger partial charge in [-0.1, -0.05) is 32.0 Å². The van der Waals surface area contributed by atoms with Gasteiger partial charge in [0.15, 0.2) is 0 Å². The van der Waals surface area contributed by atoms with Crippen LogP contribution in [0.15, 0.2) is 29.8 Å². The van der Waals surface area contributed by atoms with Gasteiger partial charge in [-0.25, -0.2) is 9.59 Å². The normalized spacial score (nSPS) is 9.95. The second-order valence-electron chi connectivity index (χ2n) is 4.78. The quantitative estimate of drug-likeness (QED) is 0.349. The predicted molar refractivity (Wildman–Crippen MR) is 78.8 cm³/mol. The summed E-state index contributed by atoms with van der Waals surface area (Å²) in [6.07, 6.45) is 1.41. The summed E-state index contributed by atoms with van der Waals surface area (Å²) in [4.78, 5) is 23.3. The summed E-state index contributed by atoms with van der Waals surface area (Å²) in [5.74, 6) is -0.541. The highest BCUT2D eigenvalue weighted by Crippen LogP contribution is 2.22. The molecule has 0 saturated heterocycles. The van der Waals surface area contributed by atoms with Crippen molar-refractivity contribution in [3.63, 3.8) is 0 Å². The van der Waals surface area contributed by atoms with E-state index in [1.54, 1.807) is 18.2 Å². The zero-order valence-corrected chi connectivity index (χ0v) is 12.7. The van der Waals surface area contributed by atoms with Crippen LogP contribution < -0.4 is 4.74 Å². The number of carbonyl (C=O) groups excluding carboxylic acids is 2. The molecule has 0 aliphatic heterocycles. The van der Waals surface area contributed by atoms with E-state index in [1.807, 2.05) is 19.9 Å². The van der Waals surface area contributed by atoms with Crippen molar-refractivity contribution in [2.75, 3.05) is 20.8 Å². The van der Waals surface area contributed by atoms with Gasteiger partial charge in [0.05, 0.1) is 20.8 Å². The highest BCUT2D eigenvalue weighted by molar-refractivity contribution is 6.17. The van der Waals surface area contributed by atoms with Crippen molar-refractivity contribution in [2.24, 2.45) is 5.92 Å². The number of methoxy groups -OCH3 is 2. The lowest BCUT2D eigenvalue weighted by molar-refractivity contribution is -0.143. The molecular formula is C16H20O5. The van der Waals surface area contributed by atoms with Crippen LogP contribution in [0.3, 0.4) is 0 Å². The van der Waals surface area contributed by atoms with E-state index >= 15 is 0 Å². The number of esters is 2. The van der Waals surface area contributed by atoms with Crippen LogP contribution in [0.2, 0.25) is 0 Å². The standard InChI is InChI=1S/C16H20O5/c1-11(2)10-21-14-8-6-5-7-12(14)9-13(15(17)19-3)16(18)20-4/h5-9,11H,10H2,1-4H3. The summed E-state index contributed by atoms with van der Waals surface area (Å²) in [5, 5.41) is 0. The molecule has 1 aromatic rings. The minimum absolute atomic E-state index is 0.180. The second kappa shape index (κ2) is 8.09. The van der Waals surface area contributed by atoms with E-state index < -0.39 is 11.9 Å². The van der Waals surface area contributed by atoms with Crippen molar-refractivity contribution >= 4 is 18.0 Å². The Morgan fingerprint density at radius 1 is 1.10 bits per heavy atom. The van der Waals surface area contributed by atoms with Crippen LogP contribution in [-0.2, 0) is 19.1 Å². The zero-order valence-electron chi connectivity index (χ0n) is 12.7. The van der Waals surface area contributed by atoms with Crippen molar-refractivity contribution in [1.82, 2.24) is 0 Å². The Bertz CT molecular complexity index is 513. The maximum Gasteiger partial charge on any atom is 0.345 e. The Morgan fingerprint density at radius 3 is 2.19 bits per heavy atom. The number of para-hydroxylation sites is 1. The summed E-state index contributed by atoms with van der Waals surface area (Å²) in [6, 6.07) is 7.14. The summed E-state index contributed by atoms with van der Waals surface area (Å²) >= 11 is 0. The summed E-state index contributed by atoms with van der Waals surface area (Å²) < 4.78 is 14.9. The molecule has 1 aromatic carbocycles. The first-order valence-electron chi connectivity index (χ1n) is 6.59. The van der Waals surface area contributed by atoms with E-state index in [2.05, 4.69) is 9.47 Å². The predicted octanol–water partition coefficient (Wildman–Crippen LogP) is 2.45. The third kappa shape index (κ3) is 4.95. The first-order chi connectivity index (χ1) is 9.99. The Hall–Kier alpha value is -2.30. The number of ether oxygens (including phenoxy) is 3. The number of hydrogen-bond acceptors (Lipinski definition) is 5. The van der Waals surface area contributed by atoms with Gasteiger partial charge in [0.1, 0.15) is 11.3 Å². The minimum atomic E-state index is -0.750.